The van der Waals surface area contributed by atoms with Crippen molar-refractivity contribution in [3.05, 3.63) is 72.4 Å². The smallest absolute Gasteiger partial charge is 0.0465 e. The molecule has 2 aromatic carbocycles. The van der Waals surface area contributed by atoms with Crippen molar-refractivity contribution in [1.82, 2.24) is 4.98 Å². The van der Waals surface area contributed by atoms with Gasteiger partial charge in [0, 0.05) is 22.2 Å². The Morgan fingerprint density at radius 1 is 1.00 bits per heavy atom. The van der Waals surface area contributed by atoms with Gasteiger partial charge in [-0.25, -0.2) is 0 Å². The minimum Gasteiger partial charge on any atom is -0.355 e. The number of aromatic nitrogens is 1. The van der Waals surface area contributed by atoms with Crippen LogP contribution in [0.3, 0.4) is 0 Å². The zero-order valence-electron chi connectivity index (χ0n) is 11.6. The van der Waals surface area contributed by atoms with E-state index >= 15 is 0 Å². The largest absolute Gasteiger partial charge is 0.355 e. The van der Waals surface area contributed by atoms with Crippen LogP contribution in [0.5, 0.6) is 0 Å². The lowest BCUT2D eigenvalue weighted by Crippen LogP contribution is -1.78. The van der Waals surface area contributed by atoms with Gasteiger partial charge in [0.2, 0.25) is 0 Å². The number of hydrogen-bond acceptors (Lipinski definition) is 0. The molecule has 20 heavy (non-hydrogen) atoms. The average molecular weight is 259 g/mol. The molecule has 0 saturated heterocycles. The third-order valence-electron chi connectivity index (χ3n) is 3.51. The van der Waals surface area contributed by atoms with E-state index in [4.69, 9.17) is 0 Å². The third-order valence-corrected chi connectivity index (χ3v) is 3.51. The van der Waals surface area contributed by atoms with Gasteiger partial charge >= 0.3 is 0 Å². The first-order chi connectivity index (χ1) is 9.83. The summed E-state index contributed by atoms with van der Waals surface area (Å²) < 4.78 is 0. The molecule has 0 aliphatic rings. The van der Waals surface area contributed by atoms with Crippen molar-refractivity contribution in [2.75, 3.05) is 0 Å². The molecule has 1 nitrogen and oxygen atoms in total. The van der Waals surface area contributed by atoms with Crippen molar-refractivity contribution in [1.29, 1.82) is 0 Å². The van der Waals surface area contributed by atoms with Crippen molar-refractivity contribution in [3.63, 3.8) is 0 Å². The van der Waals surface area contributed by atoms with Gasteiger partial charge in [0.05, 0.1) is 0 Å². The summed E-state index contributed by atoms with van der Waals surface area (Å²) in [6.45, 7) is 5.92. The fourth-order valence-electron chi connectivity index (χ4n) is 2.55. The molecule has 0 atom stereocenters. The second kappa shape index (κ2) is 5.22. The Bertz CT molecular complexity index is 776. The number of H-pyrrole nitrogens is 1. The van der Waals surface area contributed by atoms with Crippen molar-refractivity contribution in [2.24, 2.45) is 0 Å². The Labute approximate surface area is 119 Å². The Balaban J connectivity index is 2.24. The predicted octanol–water partition coefficient (Wildman–Crippen LogP) is 5.51. The molecule has 0 fully saturated rings. The maximum atomic E-state index is 3.88. The van der Waals surface area contributed by atoms with Crippen LogP contribution in [0.15, 0.2) is 61.2 Å². The van der Waals surface area contributed by atoms with Crippen LogP contribution < -0.4 is 0 Å². The van der Waals surface area contributed by atoms with Crippen molar-refractivity contribution >= 4 is 23.1 Å². The summed E-state index contributed by atoms with van der Waals surface area (Å²) in [6.07, 6.45) is 6.06. The molecule has 0 radical (unpaired) electrons. The van der Waals surface area contributed by atoms with Gasteiger partial charge in [-0.05, 0) is 36.3 Å². The first kappa shape index (κ1) is 12.5. The minimum absolute atomic E-state index is 1.07. The van der Waals surface area contributed by atoms with E-state index in [0.29, 0.717) is 0 Å². The second-order valence-electron chi connectivity index (χ2n) is 4.78. The highest BCUT2D eigenvalue weighted by Gasteiger charge is 2.08. The molecule has 1 heteroatoms. The van der Waals surface area contributed by atoms with Crippen LogP contribution in [0.25, 0.3) is 34.2 Å². The van der Waals surface area contributed by atoms with Crippen molar-refractivity contribution in [3.8, 4) is 11.1 Å². The number of aromatic amines is 1. The van der Waals surface area contributed by atoms with Crippen LogP contribution >= 0.6 is 0 Å². The van der Waals surface area contributed by atoms with Crippen LogP contribution in [0.4, 0.5) is 0 Å². The molecular formula is C19H17N. The molecule has 0 saturated carbocycles. The van der Waals surface area contributed by atoms with Gasteiger partial charge in [-0.1, -0.05) is 55.1 Å². The van der Waals surface area contributed by atoms with Crippen LogP contribution in [0.2, 0.25) is 0 Å². The Kier molecular flexibility index (Phi) is 3.26. The van der Waals surface area contributed by atoms with Crippen molar-refractivity contribution in [2.45, 2.75) is 6.92 Å². The molecule has 3 rings (SSSR count). The highest BCUT2D eigenvalue weighted by Crippen LogP contribution is 2.29. The van der Waals surface area contributed by atoms with E-state index < -0.39 is 0 Å². The van der Waals surface area contributed by atoms with Crippen LogP contribution in [0.1, 0.15) is 18.2 Å². The van der Waals surface area contributed by atoms with Crippen LogP contribution in [-0.2, 0) is 0 Å². The molecule has 0 spiro atoms. The fraction of sp³-hybridized carbons (Fsp3) is 0.0526. The summed E-state index contributed by atoms with van der Waals surface area (Å²) in [5.74, 6) is 0. The van der Waals surface area contributed by atoms with Gasteiger partial charge in [-0.2, -0.15) is 0 Å². The summed E-state index contributed by atoms with van der Waals surface area (Å²) >= 11 is 0. The van der Waals surface area contributed by atoms with Crippen LogP contribution in [0, 0.1) is 0 Å². The number of allylic oxidation sites excluding steroid dienone is 1. The maximum Gasteiger partial charge on any atom is 0.0465 e. The molecule has 98 valence electrons. The Morgan fingerprint density at radius 2 is 1.80 bits per heavy atom. The Hall–Kier alpha value is -2.54. The normalized spacial score (nSPS) is 11.2. The summed E-state index contributed by atoms with van der Waals surface area (Å²) in [6, 6.07) is 17.0. The van der Waals surface area contributed by atoms with Crippen LogP contribution in [-0.4, -0.2) is 4.98 Å². The maximum absolute atomic E-state index is 3.88. The number of fused-ring (bicyclic) bond motifs is 1. The molecule has 0 amide bonds. The average Bonchev–Trinajstić information content (AvgIpc) is 2.86. The number of benzene rings is 2. The van der Waals surface area contributed by atoms with Gasteiger partial charge in [-0.15, -0.1) is 0 Å². The van der Waals surface area contributed by atoms with Gasteiger partial charge in [0.1, 0.15) is 0 Å². The number of rotatable bonds is 3. The molecule has 1 N–H and O–H groups in total. The van der Waals surface area contributed by atoms with Gasteiger partial charge in [0.25, 0.3) is 0 Å². The topological polar surface area (TPSA) is 15.8 Å². The monoisotopic (exact) mass is 259 g/mol. The van der Waals surface area contributed by atoms with E-state index in [9.17, 15) is 0 Å². The first-order valence-electron chi connectivity index (χ1n) is 6.79. The zero-order chi connectivity index (χ0) is 13.9. The van der Waals surface area contributed by atoms with Crippen molar-refractivity contribution < 1.29 is 0 Å². The van der Waals surface area contributed by atoms with Gasteiger partial charge < -0.3 is 4.98 Å². The van der Waals surface area contributed by atoms with E-state index in [1.165, 1.54) is 22.1 Å². The van der Waals surface area contributed by atoms with Gasteiger partial charge in [0.15, 0.2) is 0 Å². The summed E-state index contributed by atoms with van der Waals surface area (Å²) in [4.78, 5) is 3.41. The highest BCUT2D eigenvalue weighted by atomic mass is 14.7. The fourth-order valence-corrected chi connectivity index (χ4v) is 2.55. The molecule has 0 bridgehead atoms. The zero-order valence-corrected chi connectivity index (χ0v) is 11.6. The summed E-state index contributed by atoms with van der Waals surface area (Å²) in [5.41, 5.74) is 5.90. The standard InChI is InChI=1S/C19H17N/c1-3-8-16-17-13-15(14-9-6-5-7-10-14)11-12-19(17)20-18(16)4-2/h3-13,20H,2H2,1H3/b8-3-. The summed E-state index contributed by atoms with van der Waals surface area (Å²) in [5, 5.41) is 1.24. The second-order valence-corrected chi connectivity index (χ2v) is 4.78. The molecule has 0 aliphatic heterocycles. The lowest BCUT2D eigenvalue weighted by Gasteiger charge is -2.02. The lowest BCUT2D eigenvalue weighted by molar-refractivity contribution is 1.42. The van der Waals surface area contributed by atoms with E-state index in [-0.39, 0.29) is 0 Å². The Morgan fingerprint density at radius 3 is 2.50 bits per heavy atom. The minimum atomic E-state index is 1.07. The first-order valence-corrected chi connectivity index (χ1v) is 6.79. The van der Waals surface area contributed by atoms with E-state index in [0.717, 1.165) is 11.2 Å². The van der Waals surface area contributed by atoms with E-state index in [2.05, 4.69) is 66.2 Å². The summed E-state index contributed by atoms with van der Waals surface area (Å²) in [7, 11) is 0. The van der Waals surface area contributed by atoms with E-state index in [1.807, 2.05) is 19.1 Å². The molecule has 3 aromatic rings. The molecule has 0 unspecified atom stereocenters. The number of nitrogens with one attached hydrogen (secondary N) is 1. The number of hydrogen-bond donors (Lipinski definition) is 1. The molecular weight excluding hydrogens is 242 g/mol. The predicted molar refractivity (Wildman–Crippen MR) is 88.5 cm³/mol. The molecule has 0 aliphatic carbocycles. The highest BCUT2D eigenvalue weighted by molar-refractivity contribution is 5.95. The molecule has 1 aromatic heterocycles. The SMILES string of the molecule is C=Cc1[nH]c2ccc(-c3ccccc3)cc2c1/C=C\C. The van der Waals surface area contributed by atoms with Gasteiger partial charge in [-0.3, -0.25) is 0 Å². The van der Waals surface area contributed by atoms with E-state index in [1.54, 1.807) is 0 Å². The quantitative estimate of drug-likeness (QED) is 0.638. The molecule has 1 heterocycles. The lowest BCUT2D eigenvalue weighted by atomic mass is 10.0. The third kappa shape index (κ3) is 2.08.